The van der Waals surface area contributed by atoms with Gasteiger partial charge in [-0.05, 0) is 53.8 Å². The van der Waals surface area contributed by atoms with Crippen LogP contribution in [0.2, 0.25) is 0 Å². The van der Waals surface area contributed by atoms with Crippen LogP contribution in [0, 0.1) is 0 Å². The van der Waals surface area contributed by atoms with Crippen LogP contribution in [-0.4, -0.2) is 5.91 Å². The van der Waals surface area contributed by atoms with Crippen molar-refractivity contribution in [2.45, 2.75) is 25.1 Å². The highest BCUT2D eigenvalue weighted by Crippen LogP contribution is 2.35. The lowest BCUT2D eigenvalue weighted by molar-refractivity contribution is -0.137. The molecule has 0 saturated heterocycles. The highest BCUT2D eigenvalue weighted by molar-refractivity contribution is 7.17. The predicted molar refractivity (Wildman–Crippen MR) is 99.7 cm³/mol. The first-order chi connectivity index (χ1) is 12.9. The highest BCUT2D eigenvalue weighted by atomic mass is 32.1. The zero-order valence-corrected chi connectivity index (χ0v) is 15.0. The Morgan fingerprint density at radius 2 is 1.85 bits per heavy atom. The summed E-state index contributed by atoms with van der Waals surface area (Å²) in [6, 6.07) is 16.5. The van der Waals surface area contributed by atoms with E-state index in [9.17, 15) is 18.0 Å². The number of amides is 1. The molecule has 0 spiro atoms. The second-order valence-corrected chi connectivity index (χ2v) is 7.59. The average Bonchev–Trinajstić information content (AvgIpc) is 3.29. The molecule has 0 fully saturated rings. The number of halogens is 3. The van der Waals surface area contributed by atoms with E-state index < -0.39 is 11.7 Å². The van der Waals surface area contributed by atoms with E-state index in [4.69, 9.17) is 0 Å². The lowest BCUT2D eigenvalue weighted by Gasteiger charge is -2.13. The molecule has 1 N–H and O–H groups in total. The number of aryl methyl sites for hydroxylation is 1. The van der Waals surface area contributed by atoms with Crippen LogP contribution in [0.1, 0.15) is 38.8 Å². The quantitative estimate of drug-likeness (QED) is 0.600. The largest absolute Gasteiger partial charge is 0.416 e. The van der Waals surface area contributed by atoms with Gasteiger partial charge in [0.15, 0.2) is 0 Å². The third-order valence-corrected chi connectivity index (χ3v) is 5.88. The summed E-state index contributed by atoms with van der Waals surface area (Å²) >= 11 is 1.20. The molecule has 1 atom stereocenters. The standard InChI is InChI=1S/C21H16F3NOS/c22-21(23,24)15-6-3-5-14(12-15)18-10-11-19(27-18)20(26)25-17-9-8-13-4-1-2-7-16(13)17/h1-7,10-12,17H,8-9H2,(H,25,26)/t17-/m1/s1. The SMILES string of the molecule is O=C(N[C@@H]1CCc2ccccc21)c1ccc(-c2cccc(C(F)(F)F)c2)s1. The third-order valence-electron chi connectivity index (χ3n) is 4.74. The van der Waals surface area contributed by atoms with Crippen molar-refractivity contribution in [3.05, 3.63) is 82.2 Å². The van der Waals surface area contributed by atoms with Crippen molar-refractivity contribution in [3.63, 3.8) is 0 Å². The van der Waals surface area contributed by atoms with Gasteiger partial charge in [-0.2, -0.15) is 13.2 Å². The molecule has 0 unspecified atom stereocenters. The number of carbonyl (C=O) groups excluding carboxylic acids is 1. The van der Waals surface area contributed by atoms with Crippen LogP contribution in [-0.2, 0) is 12.6 Å². The van der Waals surface area contributed by atoms with Gasteiger partial charge in [0.1, 0.15) is 0 Å². The molecule has 0 radical (unpaired) electrons. The number of alkyl halides is 3. The minimum atomic E-state index is -4.39. The molecule has 138 valence electrons. The maximum absolute atomic E-state index is 12.9. The summed E-state index contributed by atoms with van der Waals surface area (Å²) in [7, 11) is 0. The summed E-state index contributed by atoms with van der Waals surface area (Å²) in [6.07, 6.45) is -2.60. The van der Waals surface area contributed by atoms with Gasteiger partial charge in [-0.15, -0.1) is 11.3 Å². The zero-order valence-electron chi connectivity index (χ0n) is 14.2. The summed E-state index contributed by atoms with van der Waals surface area (Å²) in [5.41, 5.74) is 2.15. The second-order valence-electron chi connectivity index (χ2n) is 6.51. The van der Waals surface area contributed by atoms with Crippen LogP contribution in [0.25, 0.3) is 10.4 Å². The van der Waals surface area contributed by atoms with E-state index >= 15 is 0 Å². The van der Waals surface area contributed by atoms with Gasteiger partial charge in [0, 0.05) is 4.88 Å². The fraction of sp³-hybridized carbons (Fsp3) is 0.190. The van der Waals surface area contributed by atoms with Crippen molar-refractivity contribution in [2.24, 2.45) is 0 Å². The number of hydrogen-bond donors (Lipinski definition) is 1. The molecule has 2 aromatic carbocycles. The first kappa shape index (κ1) is 17.8. The van der Waals surface area contributed by atoms with Crippen molar-refractivity contribution in [3.8, 4) is 10.4 Å². The van der Waals surface area contributed by atoms with E-state index in [2.05, 4.69) is 11.4 Å². The first-order valence-corrected chi connectivity index (χ1v) is 9.39. The third kappa shape index (κ3) is 3.62. The molecule has 1 heterocycles. The summed E-state index contributed by atoms with van der Waals surface area (Å²) in [6.45, 7) is 0. The van der Waals surface area contributed by atoms with Crippen molar-refractivity contribution >= 4 is 17.2 Å². The van der Waals surface area contributed by atoms with Crippen molar-refractivity contribution < 1.29 is 18.0 Å². The summed E-state index contributed by atoms with van der Waals surface area (Å²) in [4.78, 5) is 13.7. The van der Waals surface area contributed by atoms with Crippen molar-refractivity contribution in [2.75, 3.05) is 0 Å². The Bertz CT molecular complexity index is 993. The molecule has 2 nitrogen and oxygen atoms in total. The Labute approximate surface area is 158 Å². The van der Waals surface area contributed by atoms with E-state index in [1.54, 1.807) is 18.2 Å². The fourth-order valence-corrected chi connectivity index (χ4v) is 4.31. The molecular weight excluding hydrogens is 371 g/mol. The molecule has 27 heavy (non-hydrogen) atoms. The molecule has 0 aliphatic heterocycles. The topological polar surface area (TPSA) is 29.1 Å². The Kier molecular flexibility index (Phi) is 4.52. The maximum Gasteiger partial charge on any atom is 0.416 e. The van der Waals surface area contributed by atoms with E-state index in [1.165, 1.54) is 23.0 Å². The van der Waals surface area contributed by atoms with E-state index in [0.717, 1.165) is 30.5 Å². The molecule has 6 heteroatoms. The minimum Gasteiger partial charge on any atom is -0.345 e. The molecular formula is C21H16F3NOS. The molecule has 3 aromatic rings. The lowest BCUT2D eigenvalue weighted by atomic mass is 10.1. The van der Waals surface area contributed by atoms with Gasteiger partial charge in [-0.25, -0.2) is 0 Å². The Balaban J connectivity index is 1.52. The van der Waals surface area contributed by atoms with Crippen LogP contribution < -0.4 is 5.32 Å². The monoisotopic (exact) mass is 387 g/mol. The maximum atomic E-state index is 12.9. The molecule has 1 aliphatic rings. The van der Waals surface area contributed by atoms with Crippen LogP contribution in [0.5, 0.6) is 0 Å². The van der Waals surface area contributed by atoms with E-state index in [-0.39, 0.29) is 11.9 Å². The van der Waals surface area contributed by atoms with Crippen LogP contribution in [0.3, 0.4) is 0 Å². The minimum absolute atomic E-state index is 0.0205. The zero-order chi connectivity index (χ0) is 19.0. The highest BCUT2D eigenvalue weighted by Gasteiger charge is 2.30. The van der Waals surface area contributed by atoms with Gasteiger partial charge in [-0.3, -0.25) is 4.79 Å². The smallest absolute Gasteiger partial charge is 0.345 e. The van der Waals surface area contributed by atoms with Crippen molar-refractivity contribution in [1.29, 1.82) is 0 Å². The van der Waals surface area contributed by atoms with E-state index in [0.29, 0.717) is 15.3 Å². The predicted octanol–water partition coefficient (Wildman–Crippen LogP) is 5.85. The van der Waals surface area contributed by atoms with Gasteiger partial charge in [-0.1, -0.05) is 36.4 Å². The van der Waals surface area contributed by atoms with Crippen molar-refractivity contribution in [1.82, 2.24) is 5.32 Å². The number of rotatable bonds is 3. The van der Waals surface area contributed by atoms with Gasteiger partial charge in [0.25, 0.3) is 5.91 Å². The summed E-state index contributed by atoms with van der Waals surface area (Å²) < 4.78 is 38.7. The Hall–Kier alpha value is -2.60. The Morgan fingerprint density at radius 1 is 1.04 bits per heavy atom. The molecule has 1 aromatic heterocycles. The number of thiophene rings is 1. The van der Waals surface area contributed by atoms with Gasteiger partial charge in [0.05, 0.1) is 16.5 Å². The average molecular weight is 387 g/mol. The van der Waals surface area contributed by atoms with Gasteiger partial charge >= 0.3 is 6.18 Å². The van der Waals surface area contributed by atoms with Gasteiger partial charge < -0.3 is 5.32 Å². The van der Waals surface area contributed by atoms with E-state index in [1.807, 2.05) is 18.2 Å². The summed E-state index contributed by atoms with van der Waals surface area (Å²) in [5.74, 6) is -0.195. The first-order valence-electron chi connectivity index (χ1n) is 8.58. The molecule has 1 aliphatic carbocycles. The normalized spacial score (nSPS) is 16.2. The van der Waals surface area contributed by atoms with Crippen LogP contribution >= 0.6 is 11.3 Å². The number of hydrogen-bond acceptors (Lipinski definition) is 2. The number of fused-ring (bicyclic) bond motifs is 1. The molecule has 0 saturated carbocycles. The number of carbonyl (C=O) groups is 1. The van der Waals surface area contributed by atoms with Gasteiger partial charge in [0.2, 0.25) is 0 Å². The molecule has 4 rings (SSSR count). The fourth-order valence-electron chi connectivity index (χ4n) is 3.40. The molecule has 1 amide bonds. The summed E-state index contributed by atoms with van der Waals surface area (Å²) in [5, 5.41) is 3.04. The van der Waals surface area contributed by atoms with Crippen LogP contribution in [0.15, 0.2) is 60.7 Å². The second kappa shape index (κ2) is 6.85. The lowest BCUT2D eigenvalue weighted by Crippen LogP contribution is -2.26. The molecule has 0 bridgehead atoms. The Morgan fingerprint density at radius 3 is 2.67 bits per heavy atom. The number of benzene rings is 2. The number of nitrogens with one attached hydrogen (secondary N) is 1. The van der Waals surface area contributed by atoms with Crippen LogP contribution in [0.4, 0.5) is 13.2 Å².